The summed E-state index contributed by atoms with van der Waals surface area (Å²) in [6.45, 7) is 0.713. The average Bonchev–Trinajstić information content (AvgIpc) is 2.83. The van der Waals surface area contributed by atoms with Crippen LogP contribution in [0.4, 0.5) is 4.79 Å². The highest BCUT2D eigenvalue weighted by molar-refractivity contribution is 6.01. The van der Waals surface area contributed by atoms with E-state index in [1.165, 1.54) is 0 Å². The van der Waals surface area contributed by atoms with Crippen LogP contribution in [0.3, 0.4) is 0 Å². The number of amides is 4. The zero-order valence-corrected chi connectivity index (χ0v) is 12.2. The van der Waals surface area contributed by atoms with E-state index in [1.54, 1.807) is 0 Å². The van der Waals surface area contributed by atoms with Crippen LogP contribution in [0.1, 0.15) is 12.0 Å². The summed E-state index contributed by atoms with van der Waals surface area (Å²) < 4.78 is 0. The summed E-state index contributed by atoms with van der Waals surface area (Å²) in [7, 11) is 0. The highest BCUT2D eigenvalue weighted by Gasteiger charge is 2.27. The molecule has 1 heterocycles. The molecule has 0 bridgehead atoms. The smallest absolute Gasteiger partial charge is 0.324 e. The van der Waals surface area contributed by atoms with Crippen molar-refractivity contribution in [2.75, 3.05) is 19.6 Å². The number of nitrogens with zero attached hydrogens (tertiary/aromatic N) is 1. The number of rotatable bonds is 7. The summed E-state index contributed by atoms with van der Waals surface area (Å²) in [5.41, 5.74) is 6.86. The minimum Gasteiger partial charge on any atom is -0.355 e. The lowest BCUT2D eigenvalue weighted by atomic mass is 10.1. The van der Waals surface area contributed by atoms with Crippen LogP contribution >= 0.6 is 0 Å². The Morgan fingerprint density at radius 1 is 1.32 bits per heavy atom. The van der Waals surface area contributed by atoms with Crippen LogP contribution in [0.2, 0.25) is 0 Å². The van der Waals surface area contributed by atoms with Crippen molar-refractivity contribution in [2.45, 2.75) is 18.9 Å². The summed E-state index contributed by atoms with van der Waals surface area (Å²) in [4.78, 5) is 35.7. The van der Waals surface area contributed by atoms with Gasteiger partial charge in [0.2, 0.25) is 11.8 Å². The molecule has 0 saturated carbocycles. The fourth-order valence-corrected chi connectivity index (χ4v) is 2.22. The van der Waals surface area contributed by atoms with E-state index < -0.39 is 6.04 Å². The van der Waals surface area contributed by atoms with Crippen molar-refractivity contribution < 1.29 is 14.4 Å². The molecule has 22 heavy (non-hydrogen) atoms. The molecule has 118 valence electrons. The van der Waals surface area contributed by atoms with Gasteiger partial charge in [-0.3, -0.25) is 14.5 Å². The molecule has 7 nitrogen and oxygen atoms in total. The van der Waals surface area contributed by atoms with Crippen molar-refractivity contribution >= 4 is 17.8 Å². The first kappa shape index (κ1) is 16.0. The molecule has 0 spiro atoms. The molecular formula is C15H20N4O3. The number of urea groups is 1. The molecule has 0 aromatic heterocycles. The van der Waals surface area contributed by atoms with Crippen LogP contribution in [-0.4, -0.2) is 48.4 Å². The van der Waals surface area contributed by atoms with Crippen molar-refractivity contribution in [3.63, 3.8) is 0 Å². The first-order valence-corrected chi connectivity index (χ1v) is 7.23. The minimum atomic E-state index is -0.612. The predicted molar refractivity (Wildman–Crippen MR) is 80.9 cm³/mol. The van der Waals surface area contributed by atoms with Crippen molar-refractivity contribution in [3.05, 3.63) is 35.9 Å². The van der Waals surface area contributed by atoms with E-state index in [0.717, 1.165) is 10.5 Å². The maximum Gasteiger partial charge on any atom is 0.324 e. The van der Waals surface area contributed by atoms with Gasteiger partial charge in [-0.15, -0.1) is 0 Å². The van der Waals surface area contributed by atoms with Gasteiger partial charge in [0.1, 0.15) is 0 Å². The first-order chi connectivity index (χ1) is 10.6. The predicted octanol–water partition coefficient (Wildman–Crippen LogP) is -0.385. The van der Waals surface area contributed by atoms with Gasteiger partial charge < -0.3 is 16.4 Å². The summed E-state index contributed by atoms with van der Waals surface area (Å²) >= 11 is 0. The Balaban J connectivity index is 1.67. The van der Waals surface area contributed by atoms with Gasteiger partial charge in [-0.05, 0) is 18.4 Å². The number of hydrogen-bond donors (Lipinski definition) is 3. The van der Waals surface area contributed by atoms with Crippen LogP contribution in [0.25, 0.3) is 0 Å². The first-order valence-electron chi connectivity index (χ1n) is 7.23. The number of nitrogens with two attached hydrogens (primary N) is 1. The third-order valence-electron chi connectivity index (χ3n) is 3.43. The Labute approximate surface area is 128 Å². The van der Waals surface area contributed by atoms with E-state index >= 15 is 0 Å². The lowest BCUT2D eigenvalue weighted by molar-refractivity contribution is -0.125. The largest absolute Gasteiger partial charge is 0.355 e. The molecule has 1 aromatic rings. The Morgan fingerprint density at radius 3 is 2.68 bits per heavy atom. The summed E-state index contributed by atoms with van der Waals surface area (Å²) in [5, 5.41) is 5.17. The number of carbonyl (C=O) groups excluding carboxylic acids is 3. The number of benzene rings is 1. The molecule has 7 heteroatoms. The molecule has 1 fully saturated rings. The SMILES string of the molecule is N[C@@H](Cc1ccccc1)C(=O)NCCCN1C(=O)CNC1=O. The Bertz CT molecular complexity index is 531. The third-order valence-corrected chi connectivity index (χ3v) is 3.43. The van der Waals surface area contributed by atoms with Crippen molar-refractivity contribution in [2.24, 2.45) is 5.73 Å². The van der Waals surface area contributed by atoms with Gasteiger partial charge in [0.05, 0.1) is 12.6 Å². The molecule has 4 N–H and O–H groups in total. The molecule has 0 unspecified atom stereocenters. The monoisotopic (exact) mass is 304 g/mol. The van der Waals surface area contributed by atoms with Gasteiger partial charge in [-0.2, -0.15) is 0 Å². The lowest BCUT2D eigenvalue weighted by Gasteiger charge is -2.14. The second kappa shape index (κ2) is 7.56. The van der Waals surface area contributed by atoms with Gasteiger partial charge in [0.25, 0.3) is 0 Å². The van der Waals surface area contributed by atoms with Crippen LogP contribution in [0.5, 0.6) is 0 Å². The normalized spacial score (nSPS) is 15.6. The number of hydrogen-bond acceptors (Lipinski definition) is 4. The van der Waals surface area contributed by atoms with Gasteiger partial charge in [-0.1, -0.05) is 30.3 Å². The van der Waals surface area contributed by atoms with Gasteiger partial charge in [0, 0.05) is 13.1 Å². The number of nitrogens with one attached hydrogen (secondary N) is 2. The lowest BCUT2D eigenvalue weighted by Crippen LogP contribution is -2.43. The van der Waals surface area contributed by atoms with Crippen LogP contribution in [0, 0.1) is 0 Å². The Kier molecular flexibility index (Phi) is 5.48. The van der Waals surface area contributed by atoms with Crippen molar-refractivity contribution in [1.82, 2.24) is 15.5 Å². The molecule has 0 radical (unpaired) electrons. The topological polar surface area (TPSA) is 105 Å². The van der Waals surface area contributed by atoms with Crippen LogP contribution < -0.4 is 16.4 Å². The maximum atomic E-state index is 11.9. The van der Waals surface area contributed by atoms with E-state index in [4.69, 9.17) is 5.73 Å². The second-order valence-electron chi connectivity index (χ2n) is 5.14. The Morgan fingerprint density at radius 2 is 2.05 bits per heavy atom. The molecule has 1 aromatic carbocycles. The molecule has 2 rings (SSSR count). The van der Waals surface area contributed by atoms with Gasteiger partial charge >= 0.3 is 6.03 Å². The maximum absolute atomic E-state index is 11.9. The van der Waals surface area contributed by atoms with E-state index in [0.29, 0.717) is 25.9 Å². The van der Waals surface area contributed by atoms with Crippen LogP contribution in [0.15, 0.2) is 30.3 Å². The molecule has 1 saturated heterocycles. The zero-order valence-electron chi connectivity index (χ0n) is 12.2. The fraction of sp³-hybridized carbons (Fsp3) is 0.400. The number of carbonyl (C=O) groups is 3. The van der Waals surface area contributed by atoms with E-state index in [2.05, 4.69) is 10.6 Å². The third kappa shape index (κ3) is 4.29. The van der Waals surface area contributed by atoms with Crippen LogP contribution in [-0.2, 0) is 16.0 Å². The Hall–Kier alpha value is -2.41. The fourth-order valence-electron chi connectivity index (χ4n) is 2.22. The van der Waals surface area contributed by atoms with E-state index in [9.17, 15) is 14.4 Å². The molecule has 1 aliphatic heterocycles. The summed E-state index contributed by atoms with van der Waals surface area (Å²) in [6, 6.07) is 8.56. The molecule has 0 aliphatic carbocycles. The molecule has 1 atom stereocenters. The van der Waals surface area contributed by atoms with E-state index in [1.807, 2.05) is 30.3 Å². The highest BCUT2D eigenvalue weighted by atomic mass is 16.2. The summed E-state index contributed by atoms with van der Waals surface area (Å²) in [6.07, 6.45) is 0.975. The zero-order chi connectivity index (χ0) is 15.9. The number of imide groups is 1. The molecule has 1 aliphatic rings. The minimum absolute atomic E-state index is 0.0488. The average molecular weight is 304 g/mol. The van der Waals surface area contributed by atoms with Crippen molar-refractivity contribution in [1.29, 1.82) is 0 Å². The molecule has 4 amide bonds. The molecular weight excluding hydrogens is 284 g/mol. The quantitative estimate of drug-likeness (QED) is 0.471. The van der Waals surface area contributed by atoms with Crippen molar-refractivity contribution in [3.8, 4) is 0 Å². The standard InChI is InChI=1S/C15H20N4O3/c16-12(9-11-5-2-1-3-6-11)14(21)17-7-4-8-19-13(20)10-18-15(19)22/h1-3,5-6,12H,4,7-10,16H2,(H,17,21)(H,18,22)/t12-/m0/s1. The van der Waals surface area contributed by atoms with E-state index in [-0.39, 0.29) is 24.4 Å². The summed E-state index contributed by atoms with van der Waals surface area (Å²) in [5.74, 6) is -0.474. The highest BCUT2D eigenvalue weighted by Crippen LogP contribution is 2.02. The van der Waals surface area contributed by atoms with Gasteiger partial charge in [-0.25, -0.2) is 4.79 Å². The van der Waals surface area contributed by atoms with Gasteiger partial charge in [0.15, 0.2) is 0 Å². The second-order valence-corrected chi connectivity index (χ2v) is 5.14.